The van der Waals surface area contributed by atoms with E-state index in [1.807, 2.05) is 18.2 Å². The number of hydrogen-bond donors (Lipinski definition) is 4. The van der Waals surface area contributed by atoms with Gasteiger partial charge in [0, 0.05) is 19.3 Å². The quantitative estimate of drug-likeness (QED) is 0.273. The first kappa shape index (κ1) is 29.0. The minimum atomic E-state index is -1.50. The number of anilines is 1. The first-order valence-electron chi connectivity index (χ1n) is 13.1. The number of methoxy groups -OCH3 is 1. The largest absolute Gasteiger partial charge is 0.478 e. The van der Waals surface area contributed by atoms with Gasteiger partial charge >= 0.3 is 18.0 Å². The second-order valence-electron chi connectivity index (χ2n) is 9.88. The number of aliphatic carboxylic acids is 1. The van der Waals surface area contributed by atoms with E-state index in [4.69, 9.17) is 10.5 Å². The number of nitrogens with one attached hydrogen (secondary N) is 2. The Labute approximate surface area is 230 Å². The maximum Gasteiger partial charge on any atom is 0.335 e. The molecule has 0 aliphatic carbocycles. The van der Waals surface area contributed by atoms with Crippen molar-refractivity contribution in [2.75, 3.05) is 45.6 Å². The Balaban J connectivity index is 1.39. The molecule has 4 rings (SSSR count). The van der Waals surface area contributed by atoms with Crippen LogP contribution in [0.2, 0.25) is 0 Å². The van der Waals surface area contributed by atoms with E-state index >= 15 is 0 Å². The van der Waals surface area contributed by atoms with Crippen molar-refractivity contribution >= 4 is 23.7 Å². The average molecular weight is 558 g/mol. The van der Waals surface area contributed by atoms with Crippen molar-refractivity contribution < 1.29 is 33.0 Å². The highest BCUT2D eigenvalue weighted by Gasteiger charge is 2.42. The third-order valence-electron chi connectivity index (χ3n) is 7.23. The lowest BCUT2D eigenvalue weighted by Crippen LogP contribution is -2.55. The number of likely N-dealkylation sites (tertiary alicyclic amines) is 1. The highest BCUT2D eigenvalue weighted by molar-refractivity contribution is 6.01. The van der Waals surface area contributed by atoms with Gasteiger partial charge in [-0.15, -0.1) is 0 Å². The fourth-order valence-electron chi connectivity index (χ4n) is 5.27. The number of rotatable bonds is 9. The number of carboxylic acid groups (broad SMARTS) is 1. The maximum atomic E-state index is 14.1. The molecule has 2 aliphatic rings. The van der Waals surface area contributed by atoms with Gasteiger partial charge in [-0.25, -0.2) is 28.1 Å². The van der Waals surface area contributed by atoms with E-state index in [0.717, 1.165) is 56.4 Å². The van der Waals surface area contributed by atoms with Crippen LogP contribution in [0.5, 0.6) is 0 Å². The van der Waals surface area contributed by atoms with Crippen LogP contribution in [0.1, 0.15) is 42.3 Å². The summed E-state index contributed by atoms with van der Waals surface area (Å²) in [4.78, 5) is 41.3. The lowest BCUT2D eigenvalue weighted by Gasteiger charge is -2.36. The highest BCUT2D eigenvalue weighted by atomic mass is 19.2. The Morgan fingerprint density at radius 1 is 1.12 bits per heavy atom. The Hall–Kier alpha value is -4.03. The molecule has 2 aromatic carbocycles. The zero-order valence-electron chi connectivity index (χ0n) is 22.2. The maximum absolute atomic E-state index is 14.1. The van der Waals surface area contributed by atoms with Crippen molar-refractivity contribution in [1.29, 1.82) is 0 Å². The Kier molecular flexibility index (Phi) is 9.33. The number of nitrogen functional groups attached to an aromatic ring is 1. The number of carbonyl (C=O) groups is 3. The van der Waals surface area contributed by atoms with Gasteiger partial charge in [-0.2, -0.15) is 0 Å². The minimum Gasteiger partial charge on any atom is -0.478 e. The highest BCUT2D eigenvalue weighted by Crippen LogP contribution is 2.35. The molecule has 2 aliphatic heterocycles. The minimum absolute atomic E-state index is 0.0713. The molecular weight excluding hydrogens is 524 g/mol. The number of benzene rings is 2. The van der Waals surface area contributed by atoms with Gasteiger partial charge in [-0.05, 0) is 80.2 Å². The topological polar surface area (TPSA) is 137 Å². The normalized spacial score (nSPS) is 18.5. The Morgan fingerprint density at radius 2 is 1.88 bits per heavy atom. The lowest BCUT2D eigenvalue weighted by atomic mass is 9.89. The molecule has 0 saturated carbocycles. The van der Waals surface area contributed by atoms with Gasteiger partial charge in [0.05, 0.1) is 17.9 Å². The number of amides is 4. The fraction of sp³-hybridized carbons (Fsp3) is 0.393. The Bertz CT molecular complexity index is 1300. The first-order chi connectivity index (χ1) is 19.2. The van der Waals surface area contributed by atoms with Crippen LogP contribution in [0, 0.1) is 11.6 Å². The van der Waals surface area contributed by atoms with Crippen LogP contribution in [-0.2, 0) is 9.53 Å². The second kappa shape index (κ2) is 12.9. The van der Waals surface area contributed by atoms with Gasteiger partial charge in [0.15, 0.2) is 11.6 Å². The van der Waals surface area contributed by atoms with Gasteiger partial charge in [0.2, 0.25) is 0 Å². The predicted molar refractivity (Wildman–Crippen MR) is 143 cm³/mol. The van der Waals surface area contributed by atoms with Gasteiger partial charge in [-0.1, -0.05) is 18.2 Å². The summed E-state index contributed by atoms with van der Waals surface area (Å²) in [7, 11) is 1.31. The van der Waals surface area contributed by atoms with Gasteiger partial charge in [-0.3, -0.25) is 0 Å². The molecule has 0 bridgehead atoms. The molecule has 12 heteroatoms. The summed E-state index contributed by atoms with van der Waals surface area (Å²) < 4.78 is 32.7. The standard InChI is InChI=1S/C28H33F2N5O5/c1-40-16-23-24(26(36)37)25(19-6-7-21(29)22(30)15-19)35(28(39)33-23)27(38)32-10-3-11-34-12-8-17(9-13-34)18-4-2-5-20(31)14-18/h2,4-7,14-15,17,25H,3,8-13,16,31H2,1H3,(H,32,38)(H,33,39)(H,36,37)/t25-/m0/s1. The van der Waals surface area contributed by atoms with Crippen molar-refractivity contribution in [3.8, 4) is 0 Å². The SMILES string of the molecule is COCC1=C(C(=O)O)[C@H](c2ccc(F)c(F)c2)N(C(=O)NCCCN2CCC(c3cccc(N)c3)CC2)C(=O)N1. The van der Waals surface area contributed by atoms with Crippen molar-refractivity contribution in [1.82, 2.24) is 20.4 Å². The van der Waals surface area contributed by atoms with Crippen LogP contribution in [0.4, 0.5) is 24.1 Å². The molecular formula is C28H33F2N5O5. The van der Waals surface area contributed by atoms with Crippen LogP contribution in [0.15, 0.2) is 53.7 Å². The smallest absolute Gasteiger partial charge is 0.335 e. The number of imide groups is 1. The number of ether oxygens (including phenoxy) is 1. The monoisotopic (exact) mass is 557 g/mol. The molecule has 2 heterocycles. The zero-order valence-corrected chi connectivity index (χ0v) is 22.2. The van der Waals surface area contributed by atoms with Crippen LogP contribution >= 0.6 is 0 Å². The number of urea groups is 2. The molecule has 4 amide bonds. The Morgan fingerprint density at radius 3 is 2.52 bits per heavy atom. The summed E-state index contributed by atoms with van der Waals surface area (Å²) in [5, 5.41) is 15.0. The van der Waals surface area contributed by atoms with Crippen LogP contribution in [-0.4, -0.2) is 72.8 Å². The predicted octanol–water partition coefficient (Wildman–Crippen LogP) is 3.58. The molecule has 2 aromatic rings. The van der Waals surface area contributed by atoms with Crippen LogP contribution < -0.4 is 16.4 Å². The second-order valence-corrected chi connectivity index (χ2v) is 9.88. The number of halogens is 2. The van der Waals surface area contributed by atoms with Crippen LogP contribution in [0.25, 0.3) is 0 Å². The lowest BCUT2D eigenvalue weighted by molar-refractivity contribution is -0.133. The van der Waals surface area contributed by atoms with E-state index in [-0.39, 0.29) is 30.0 Å². The third-order valence-corrected chi connectivity index (χ3v) is 7.23. The summed E-state index contributed by atoms with van der Waals surface area (Å²) in [6, 6.07) is 7.42. The van der Waals surface area contributed by atoms with Crippen molar-refractivity contribution in [3.63, 3.8) is 0 Å². The van der Waals surface area contributed by atoms with Crippen molar-refractivity contribution in [2.45, 2.75) is 31.2 Å². The zero-order chi connectivity index (χ0) is 28.8. The van der Waals surface area contributed by atoms with Gasteiger partial charge in [0.1, 0.15) is 6.04 Å². The van der Waals surface area contributed by atoms with E-state index in [2.05, 4.69) is 21.6 Å². The molecule has 1 atom stereocenters. The molecule has 0 radical (unpaired) electrons. The van der Waals surface area contributed by atoms with E-state index in [1.165, 1.54) is 12.7 Å². The number of carboxylic acids is 1. The number of carbonyl (C=O) groups excluding carboxylic acids is 2. The summed E-state index contributed by atoms with van der Waals surface area (Å²) >= 11 is 0. The fourth-order valence-corrected chi connectivity index (χ4v) is 5.27. The molecule has 0 spiro atoms. The van der Waals surface area contributed by atoms with E-state index < -0.39 is 35.7 Å². The van der Waals surface area contributed by atoms with Gasteiger partial charge < -0.3 is 31.1 Å². The third kappa shape index (κ3) is 6.57. The first-order valence-corrected chi connectivity index (χ1v) is 13.1. The van der Waals surface area contributed by atoms with E-state index in [1.54, 1.807) is 0 Å². The molecule has 5 N–H and O–H groups in total. The van der Waals surface area contributed by atoms with Crippen molar-refractivity contribution in [2.24, 2.45) is 0 Å². The van der Waals surface area contributed by atoms with Crippen LogP contribution in [0.3, 0.4) is 0 Å². The molecule has 0 aromatic heterocycles. The molecule has 10 nitrogen and oxygen atoms in total. The molecule has 40 heavy (non-hydrogen) atoms. The molecule has 214 valence electrons. The summed E-state index contributed by atoms with van der Waals surface area (Å²) in [6.45, 7) is 2.47. The van der Waals surface area contributed by atoms with Gasteiger partial charge in [0.25, 0.3) is 0 Å². The summed E-state index contributed by atoms with van der Waals surface area (Å²) in [6.07, 6.45) is 2.58. The van der Waals surface area contributed by atoms with E-state index in [9.17, 15) is 28.3 Å². The number of piperidine rings is 1. The molecule has 1 fully saturated rings. The molecule has 0 unspecified atom stereocenters. The number of nitrogens with zero attached hydrogens (tertiary/aromatic N) is 2. The molecule has 1 saturated heterocycles. The summed E-state index contributed by atoms with van der Waals surface area (Å²) in [5.41, 5.74) is 7.37. The van der Waals surface area contributed by atoms with Crippen molar-refractivity contribution in [3.05, 3.63) is 76.5 Å². The number of hydrogen-bond acceptors (Lipinski definition) is 6. The number of nitrogens with two attached hydrogens (primary N) is 1. The van der Waals surface area contributed by atoms with E-state index in [0.29, 0.717) is 17.2 Å². The summed E-state index contributed by atoms with van der Waals surface area (Å²) in [5.74, 6) is -3.37. The average Bonchev–Trinajstić information content (AvgIpc) is 2.92.